The van der Waals surface area contributed by atoms with Gasteiger partial charge in [0.25, 0.3) is 0 Å². The maximum atomic E-state index is 11.0. The van der Waals surface area contributed by atoms with Crippen molar-refractivity contribution >= 4 is 5.91 Å². The first-order valence-electron chi connectivity index (χ1n) is 3.58. The molecular weight excluding hydrogens is 142 g/mol. The Morgan fingerprint density at radius 1 is 1.73 bits per heavy atom. The molecule has 1 aliphatic rings. The van der Waals surface area contributed by atoms with Crippen molar-refractivity contribution in [1.82, 2.24) is 4.90 Å². The molecule has 0 unspecified atom stereocenters. The van der Waals surface area contributed by atoms with Gasteiger partial charge in [0.1, 0.15) is 5.60 Å². The Kier molecular flexibility index (Phi) is 2.00. The molecule has 62 valence electrons. The van der Waals surface area contributed by atoms with E-state index in [1.54, 1.807) is 12.0 Å². The zero-order chi connectivity index (χ0) is 8.48. The van der Waals surface area contributed by atoms with E-state index in [-0.39, 0.29) is 11.5 Å². The Labute approximate surface area is 66.6 Å². The van der Waals surface area contributed by atoms with E-state index in [1.165, 1.54) is 6.08 Å². The average molecular weight is 155 g/mol. The van der Waals surface area contributed by atoms with E-state index in [9.17, 15) is 4.79 Å². The highest BCUT2D eigenvalue weighted by Crippen LogP contribution is 2.23. The van der Waals surface area contributed by atoms with Gasteiger partial charge in [-0.3, -0.25) is 4.79 Å². The molecule has 3 nitrogen and oxygen atoms in total. The van der Waals surface area contributed by atoms with Crippen molar-refractivity contribution in [3.05, 3.63) is 12.7 Å². The lowest BCUT2D eigenvalue weighted by Crippen LogP contribution is -2.62. The Balaban J connectivity index is 2.40. The Morgan fingerprint density at radius 2 is 2.27 bits per heavy atom. The molecule has 0 N–H and O–H groups in total. The number of carbonyl (C=O) groups is 1. The van der Waals surface area contributed by atoms with Gasteiger partial charge >= 0.3 is 0 Å². The van der Waals surface area contributed by atoms with Crippen LogP contribution in [0.2, 0.25) is 0 Å². The molecule has 1 heterocycles. The quantitative estimate of drug-likeness (QED) is 0.541. The van der Waals surface area contributed by atoms with Crippen LogP contribution in [0.3, 0.4) is 0 Å². The lowest BCUT2D eigenvalue weighted by Gasteiger charge is -2.46. The molecule has 0 aromatic carbocycles. The molecule has 0 aliphatic carbocycles. The van der Waals surface area contributed by atoms with Crippen LogP contribution in [-0.4, -0.2) is 36.6 Å². The van der Waals surface area contributed by atoms with E-state index in [0.29, 0.717) is 13.1 Å². The summed E-state index contributed by atoms with van der Waals surface area (Å²) in [4.78, 5) is 12.7. The van der Waals surface area contributed by atoms with Gasteiger partial charge in [0, 0.05) is 7.11 Å². The topological polar surface area (TPSA) is 29.5 Å². The summed E-state index contributed by atoms with van der Waals surface area (Å²) in [6, 6.07) is 0. The fourth-order valence-corrected chi connectivity index (χ4v) is 1.18. The maximum Gasteiger partial charge on any atom is 0.246 e. The Bertz CT molecular complexity index is 183. The van der Waals surface area contributed by atoms with Gasteiger partial charge in [-0.15, -0.1) is 0 Å². The first kappa shape index (κ1) is 8.27. The molecule has 0 radical (unpaired) electrons. The highest BCUT2D eigenvalue weighted by atomic mass is 16.5. The minimum atomic E-state index is -0.126. The number of hydrogen-bond acceptors (Lipinski definition) is 2. The van der Waals surface area contributed by atoms with Crippen LogP contribution in [0, 0.1) is 0 Å². The summed E-state index contributed by atoms with van der Waals surface area (Å²) in [5, 5.41) is 0. The molecule has 0 saturated carbocycles. The van der Waals surface area contributed by atoms with Crippen LogP contribution >= 0.6 is 0 Å². The van der Waals surface area contributed by atoms with E-state index in [2.05, 4.69) is 6.58 Å². The van der Waals surface area contributed by atoms with Crippen molar-refractivity contribution in [2.24, 2.45) is 0 Å². The van der Waals surface area contributed by atoms with Crippen LogP contribution in [0.25, 0.3) is 0 Å². The van der Waals surface area contributed by atoms with Gasteiger partial charge in [-0.05, 0) is 13.0 Å². The van der Waals surface area contributed by atoms with Crippen molar-refractivity contribution in [2.75, 3.05) is 20.2 Å². The average Bonchev–Trinajstić information content (AvgIpc) is 1.97. The van der Waals surface area contributed by atoms with Crippen LogP contribution < -0.4 is 0 Å². The number of hydrogen-bond donors (Lipinski definition) is 0. The molecule has 0 atom stereocenters. The predicted molar refractivity (Wildman–Crippen MR) is 42.2 cm³/mol. The first-order chi connectivity index (χ1) is 5.11. The van der Waals surface area contributed by atoms with Gasteiger partial charge < -0.3 is 9.64 Å². The van der Waals surface area contributed by atoms with Crippen LogP contribution in [0.15, 0.2) is 12.7 Å². The Morgan fingerprint density at radius 3 is 2.64 bits per heavy atom. The largest absolute Gasteiger partial charge is 0.375 e. The number of nitrogens with zero attached hydrogens (tertiary/aromatic N) is 1. The summed E-state index contributed by atoms with van der Waals surface area (Å²) in [6.07, 6.45) is 1.33. The van der Waals surface area contributed by atoms with Crippen molar-refractivity contribution in [3.63, 3.8) is 0 Å². The maximum absolute atomic E-state index is 11.0. The molecule has 0 aromatic heterocycles. The number of carbonyl (C=O) groups excluding carboxylic acids is 1. The van der Waals surface area contributed by atoms with E-state index < -0.39 is 0 Å². The Hall–Kier alpha value is -0.830. The van der Waals surface area contributed by atoms with Gasteiger partial charge in [-0.1, -0.05) is 6.58 Å². The van der Waals surface area contributed by atoms with E-state index >= 15 is 0 Å². The second-order valence-corrected chi connectivity index (χ2v) is 3.05. The normalized spacial score (nSPS) is 20.7. The summed E-state index contributed by atoms with van der Waals surface area (Å²) in [5.41, 5.74) is -0.126. The van der Waals surface area contributed by atoms with Crippen LogP contribution in [0.1, 0.15) is 6.92 Å². The molecule has 1 saturated heterocycles. The minimum Gasteiger partial charge on any atom is -0.375 e. The molecule has 3 heteroatoms. The number of ether oxygens (including phenoxy) is 1. The van der Waals surface area contributed by atoms with Gasteiger partial charge in [0.15, 0.2) is 0 Å². The lowest BCUT2D eigenvalue weighted by molar-refractivity contribution is -0.152. The molecule has 0 bridgehead atoms. The fraction of sp³-hybridized carbons (Fsp3) is 0.625. The lowest BCUT2D eigenvalue weighted by atomic mass is 9.96. The summed E-state index contributed by atoms with van der Waals surface area (Å²) in [5.74, 6) is -0.0143. The van der Waals surface area contributed by atoms with Gasteiger partial charge in [-0.2, -0.15) is 0 Å². The second kappa shape index (κ2) is 2.66. The fourth-order valence-electron chi connectivity index (χ4n) is 1.18. The van der Waals surface area contributed by atoms with Crippen LogP contribution in [-0.2, 0) is 9.53 Å². The molecule has 0 spiro atoms. The van der Waals surface area contributed by atoms with Crippen molar-refractivity contribution in [3.8, 4) is 0 Å². The number of rotatable bonds is 2. The van der Waals surface area contributed by atoms with Crippen LogP contribution in [0.4, 0.5) is 0 Å². The molecule has 1 fully saturated rings. The van der Waals surface area contributed by atoms with E-state index in [4.69, 9.17) is 4.74 Å². The summed E-state index contributed by atoms with van der Waals surface area (Å²) >= 11 is 0. The third-order valence-corrected chi connectivity index (χ3v) is 2.03. The molecule has 1 amide bonds. The molecular formula is C8H13NO2. The predicted octanol–water partition coefficient (Wildman–Crippen LogP) is 0.420. The zero-order valence-electron chi connectivity index (χ0n) is 6.96. The summed E-state index contributed by atoms with van der Waals surface area (Å²) < 4.78 is 5.17. The SMILES string of the molecule is C=CC(=O)N1CC(C)(OC)C1. The third-order valence-electron chi connectivity index (χ3n) is 2.03. The molecule has 0 aromatic rings. The highest BCUT2D eigenvalue weighted by molar-refractivity contribution is 5.87. The standard InChI is InChI=1S/C8H13NO2/c1-4-7(10)9-5-8(2,6-9)11-3/h4H,1,5-6H2,2-3H3. The van der Waals surface area contributed by atoms with Crippen molar-refractivity contribution in [2.45, 2.75) is 12.5 Å². The summed E-state index contributed by atoms with van der Waals surface area (Å²) in [7, 11) is 1.66. The second-order valence-electron chi connectivity index (χ2n) is 3.05. The van der Waals surface area contributed by atoms with Crippen LogP contribution in [0.5, 0.6) is 0 Å². The van der Waals surface area contributed by atoms with E-state index in [0.717, 1.165) is 0 Å². The van der Waals surface area contributed by atoms with Gasteiger partial charge in [0.2, 0.25) is 5.91 Å². The highest BCUT2D eigenvalue weighted by Gasteiger charge is 2.40. The smallest absolute Gasteiger partial charge is 0.246 e. The van der Waals surface area contributed by atoms with Crippen molar-refractivity contribution < 1.29 is 9.53 Å². The monoisotopic (exact) mass is 155 g/mol. The third kappa shape index (κ3) is 1.43. The van der Waals surface area contributed by atoms with Crippen molar-refractivity contribution in [1.29, 1.82) is 0 Å². The van der Waals surface area contributed by atoms with E-state index in [1.807, 2.05) is 6.92 Å². The van der Waals surface area contributed by atoms with Gasteiger partial charge in [-0.25, -0.2) is 0 Å². The molecule has 1 rings (SSSR count). The zero-order valence-corrected chi connectivity index (χ0v) is 6.96. The first-order valence-corrected chi connectivity index (χ1v) is 3.58. The molecule has 11 heavy (non-hydrogen) atoms. The minimum absolute atomic E-state index is 0.0143. The summed E-state index contributed by atoms with van der Waals surface area (Å²) in [6.45, 7) is 6.74. The number of likely N-dealkylation sites (tertiary alicyclic amines) is 1. The molecule has 1 aliphatic heterocycles. The number of amides is 1. The number of methoxy groups -OCH3 is 1. The van der Waals surface area contributed by atoms with Gasteiger partial charge in [0.05, 0.1) is 13.1 Å².